The number of rotatable bonds is 1. The summed E-state index contributed by atoms with van der Waals surface area (Å²) in [7, 11) is 0. The molecule has 5 aliphatic rings. The Morgan fingerprint density at radius 2 is 1.75 bits per heavy atom. The van der Waals surface area contributed by atoms with E-state index < -0.39 is 0 Å². The second kappa shape index (κ2) is 3.79. The SMILES string of the molecule is CC12CC3CC(C)(C1)CC(C(=O)N1CCC(N)C1)(C3)C2. The third-order valence-electron chi connectivity index (χ3n) is 6.59. The molecule has 3 atom stereocenters. The van der Waals surface area contributed by atoms with Crippen molar-refractivity contribution in [3.63, 3.8) is 0 Å². The Labute approximate surface area is 122 Å². The number of hydrogen-bond acceptors (Lipinski definition) is 2. The second-order valence-electron chi connectivity index (χ2n) is 9.21. The van der Waals surface area contributed by atoms with Gasteiger partial charge in [-0.05, 0) is 61.7 Å². The van der Waals surface area contributed by atoms with Gasteiger partial charge in [0.25, 0.3) is 0 Å². The number of carbonyl (C=O) groups is 1. The Kier molecular flexibility index (Phi) is 2.49. The molecule has 2 N–H and O–H groups in total. The molecule has 5 fully saturated rings. The number of likely N-dealkylation sites (tertiary alicyclic amines) is 1. The van der Waals surface area contributed by atoms with Gasteiger partial charge in [-0.15, -0.1) is 0 Å². The number of amides is 1. The van der Waals surface area contributed by atoms with E-state index in [2.05, 4.69) is 18.7 Å². The van der Waals surface area contributed by atoms with Gasteiger partial charge >= 0.3 is 0 Å². The molecule has 4 aliphatic carbocycles. The molecule has 0 radical (unpaired) electrons. The van der Waals surface area contributed by atoms with Gasteiger partial charge in [-0.3, -0.25) is 4.79 Å². The molecule has 1 amide bonds. The summed E-state index contributed by atoms with van der Waals surface area (Å²) in [5.41, 5.74) is 6.82. The first-order valence-corrected chi connectivity index (χ1v) is 8.37. The van der Waals surface area contributed by atoms with E-state index in [9.17, 15) is 4.79 Å². The molecule has 4 bridgehead atoms. The Hall–Kier alpha value is -0.570. The summed E-state index contributed by atoms with van der Waals surface area (Å²) in [6.45, 7) is 6.56. The summed E-state index contributed by atoms with van der Waals surface area (Å²) in [5, 5.41) is 0. The molecule has 1 saturated heterocycles. The van der Waals surface area contributed by atoms with E-state index in [0.29, 0.717) is 16.7 Å². The summed E-state index contributed by atoms with van der Waals surface area (Å²) in [4.78, 5) is 15.3. The highest BCUT2D eigenvalue weighted by molar-refractivity contribution is 5.84. The number of hydrogen-bond donors (Lipinski definition) is 1. The van der Waals surface area contributed by atoms with Crippen molar-refractivity contribution in [2.75, 3.05) is 13.1 Å². The third-order valence-corrected chi connectivity index (χ3v) is 6.59. The molecule has 0 aromatic rings. The zero-order chi connectivity index (χ0) is 14.2. The van der Waals surface area contributed by atoms with Gasteiger partial charge in [0.2, 0.25) is 5.91 Å². The molecule has 20 heavy (non-hydrogen) atoms. The fourth-order valence-electron chi connectivity index (χ4n) is 6.99. The van der Waals surface area contributed by atoms with Crippen LogP contribution in [0.4, 0.5) is 0 Å². The summed E-state index contributed by atoms with van der Waals surface area (Å²) < 4.78 is 0. The highest BCUT2D eigenvalue weighted by Crippen LogP contribution is 2.69. The van der Waals surface area contributed by atoms with Crippen LogP contribution in [-0.2, 0) is 4.79 Å². The van der Waals surface area contributed by atoms with Crippen LogP contribution in [-0.4, -0.2) is 29.9 Å². The molecule has 3 heteroatoms. The highest BCUT2D eigenvalue weighted by atomic mass is 16.2. The molecule has 0 aromatic carbocycles. The summed E-state index contributed by atoms with van der Waals surface area (Å²) in [6, 6.07) is 0.207. The Morgan fingerprint density at radius 1 is 1.10 bits per heavy atom. The van der Waals surface area contributed by atoms with Crippen LogP contribution in [0.2, 0.25) is 0 Å². The molecule has 1 aliphatic heterocycles. The van der Waals surface area contributed by atoms with E-state index in [1.165, 1.54) is 19.3 Å². The highest BCUT2D eigenvalue weighted by Gasteiger charge is 2.63. The van der Waals surface area contributed by atoms with Crippen molar-refractivity contribution in [3.05, 3.63) is 0 Å². The Morgan fingerprint density at radius 3 is 2.25 bits per heavy atom. The predicted molar refractivity (Wildman–Crippen MR) is 79.0 cm³/mol. The van der Waals surface area contributed by atoms with Gasteiger partial charge in [-0.2, -0.15) is 0 Å². The summed E-state index contributed by atoms with van der Waals surface area (Å²) >= 11 is 0. The molecule has 1 heterocycles. The lowest BCUT2D eigenvalue weighted by atomic mass is 9.40. The predicted octanol–water partition coefficient (Wildman–Crippen LogP) is 2.54. The molecule has 3 nitrogen and oxygen atoms in total. The first kappa shape index (κ1) is 13.1. The lowest BCUT2D eigenvalue weighted by Crippen LogP contribution is -2.60. The second-order valence-corrected chi connectivity index (χ2v) is 9.21. The van der Waals surface area contributed by atoms with Crippen LogP contribution in [0.25, 0.3) is 0 Å². The lowest BCUT2D eigenvalue weighted by molar-refractivity contribution is -0.178. The monoisotopic (exact) mass is 276 g/mol. The first-order valence-electron chi connectivity index (χ1n) is 8.37. The van der Waals surface area contributed by atoms with Crippen molar-refractivity contribution in [2.24, 2.45) is 27.9 Å². The van der Waals surface area contributed by atoms with E-state index in [1.807, 2.05) is 0 Å². The molecule has 4 saturated carbocycles. The van der Waals surface area contributed by atoms with Gasteiger partial charge < -0.3 is 10.6 Å². The van der Waals surface area contributed by atoms with Gasteiger partial charge in [0.15, 0.2) is 0 Å². The van der Waals surface area contributed by atoms with Crippen LogP contribution in [0.1, 0.15) is 58.8 Å². The standard InChI is InChI=1S/C17H28N2O/c1-15-5-12-6-16(2,9-15)11-17(7-12,10-15)14(20)19-4-3-13(18)8-19/h12-13H,3-11,18H2,1-2H3. The van der Waals surface area contributed by atoms with Crippen molar-refractivity contribution in [3.8, 4) is 0 Å². The van der Waals surface area contributed by atoms with Crippen molar-refractivity contribution in [1.82, 2.24) is 4.90 Å². The molecule has 0 spiro atoms. The first-order chi connectivity index (χ1) is 9.32. The fourth-order valence-corrected chi connectivity index (χ4v) is 6.99. The third kappa shape index (κ3) is 1.78. The van der Waals surface area contributed by atoms with Crippen molar-refractivity contribution < 1.29 is 4.79 Å². The van der Waals surface area contributed by atoms with Gasteiger partial charge in [-0.25, -0.2) is 0 Å². The van der Waals surface area contributed by atoms with E-state index in [-0.39, 0.29) is 11.5 Å². The zero-order valence-corrected chi connectivity index (χ0v) is 13.0. The number of carbonyl (C=O) groups excluding carboxylic acids is 1. The number of nitrogens with zero attached hydrogens (tertiary/aromatic N) is 1. The zero-order valence-electron chi connectivity index (χ0n) is 13.0. The van der Waals surface area contributed by atoms with Crippen LogP contribution >= 0.6 is 0 Å². The van der Waals surface area contributed by atoms with Crippen LogP contribution < -0.4 is 5.73 Å². The van der Waals surface area contributed by atoms with E-state index in [0.717, 1.165) is 44.7 Å². The minimum Gasteiger partial charge on any atom is -0.341 e. The average Bonchev–Trinajstić information content (AvgIpc) is 2.69. The molecular formula is C17H28N2O. The lowest BCUT2D eigenvalue weighted by Gasteiger charge is -2.65. The van der Waals surface area contributed by atoms with Crippen molar-refractivity contribution in [2.45, 2.75) is 64.8 Å². The quantitative estimate of drug-likeness (QED) is 0.800. The Bertz CT molecular complexity index is 442. The van der Waals surface area contributed by atoms with Gasteiger partial charge in [-0.1, -0.05) is 13.8 Å². The maximum Gasteiger partial charge on any atom is 0.228 e. The molecular weight excluding hydrogens is 248 g/mol. The molecule has 0 aromatic heterocycles. The van der Waals surface area contributed by atoms with Gasteiger partial charge in [0, 0.05) is 19.1 Å². The average molecular weight is 276 g/mol. The normalized spacial score (nSPS) is 53.6. The van der Waals surface area contributed by atoms with Crippen LogP contribution in [0.3, 0.4) is 0 Å². The minimum absolute atomic E-state index is 0.0347. The molecule has 112 valence electrons. The summed E-state index contributed by atoms with van der Waals surface area (Å²) in [6.07, 6.45) is 8.47. The Balaban J connectivity index is 1.65. The maximum absolute atomic E-state index is 13.2. The van der Waals surface area contributed by atoms with E-state index in [4.69, 9.17) is 5.73 Å². The van der Waals surface area contributed by atoms with E-state index >= 15 is 0 Å². The fraction of sp³-hybridized carbons (Fsp3) is 0.941. The topological polar surface area (TPSA) is 46.3 Å². The van der Waals surface area contributed by atoms with Gasteiger partial charge in [0.05, 0.1) is 5.41 Å². The van der Waals surface area contributed by atoms with Crippen molar-refractivity contribution >= 4 is 5.91 Å². The van der Waals surface area contributed by atoms with Gasteiger partial charge in [0.1, 0.15) is 0 Å². The van der Waals surface area contributed by atoms with Crippen LogP contribution in [0.5, 0.6) is 0 Å². The maximum atomic E-state index is 13.2. The summed E-state index contributed by atoms with van der Waals surface area (Å²) in [5.74, 6) is 1.24. The smallest absolute Gasteiger partial charge is 0.228 e. The van der Waals surface area contributed by atoms with E-state index in [1.54, 1.807) is 0 Å². The van der Waals surface area contributed by atoms with Crippen LogP contribution in [0.15, 0.2) is 0 Å². The largest absolute Gasteiger partial charge is 0.341 e. The van der Waals surface area contributed by atoms with Crippen molar-refractivity contribution in [1.29, 1.82) is 0 Å². The molecule has 3 unspecified atom stereocenters. The minimum atomic E-state index is -0.0347. The number of nitrogens with two attached hydrogens (primary N) is 1. The molecule has 5 rings (SSSR count). The van der Waals surface area contributed by atoms with Crippen LogP contribution in [0, 0.1) is 22.2 Å².